The Hall–Kier alpha value is -0.460. The van der Waals surface area contributed by atoms with Gasteiger partial charge in [-0.3, -0.25) is 5.32 Å². The van der Waals surface area contributed by atoms with Gasteiger partial charge in [0.05, 0.1) is 11.4 Å². The molecule has 1 aliphatic rings. The number of nitrogens with zero attached hydrogens (tertiary/aromatic N) is 1. The molecule has 0 aliphatic carbocycles. The number of rotatable bonds is 1. The van der Waals surface area contributed by atoms with Gasteiger partial charge in [0, 0.05) is 5.75 Å². The molecule has 2 nitrogen and oxygen atoms in total. The van der Waals surface area contributed by atoms with Crippen LogP contribution in [-0.4, -0.2) is 17.2 Å². The van der Waals surface area contributed by atoms with Crippen molar-refractivity contribution < 1.29 is 0 Å². The lowest BCUT2D eigenvalue weighted by Gasteiger charge is -2.00. The molecule has 48 valence electrons. The van der Waals surface area contributed by atoms with Crippen molar-refractivity contribution in [2.75, 3.05) is 5.75 Å². The van der Waals surface area contributed by atoms with E-state index in [1.807, 2.05) is 6.08 Å². The SMILES string of the molecule is C=CC1NC(C#N)CS1. The predicted octanol–water partition coefficient (Wildman–Crippen LogP) is 0.727. The Bertz CT molecular complexity index is 150. The summed E-state index contributed by atoms with van der Waals surface area (Å²) in [6, 6.07) is 2.17. The second-order valence-electron chi connectivity index (χ2n) is 1.84. The fourth-order valence-corrected chi connectivity index (χ4v) is 1.67. The van der Waals surface area contributed by atoms with Crippen molar-refractivity contribution in [1.82, 2.24) is 5.32 Å². The highest BCUT2D eigenvalue weighted by molar-refractivity contribution is 8.00. The van der Waals surface area contributed by atoms with E-state index >= 15 is 0 Å². The van der Waals surface area contributed by atoms with Gasteiger partial charge in [-0.05, 0) is 0 Å². The molecule has 0 bridgehead atoms. The predicted molar refractivity (Wildman–Crippen MR) is 39.0 cm³/mol. The van der Waals surface area contributed by atoms with Gasteiger partial charge in [0.15, 0.2) is 0 Å². The Balaban J connectivity index is 2.39. The van der Waals surface area contributed by atoms with E-state index in [2.05, 4.69) is 18.0 Å². The largest absolute Gasteiger partial charge is 0.286 e. The maximum absolute atomic E-state index is 8.42. The number of hydrogen-bond donors (Lipinski definition) is 1. The lowest BCUT2D eigenvalue weighted by molar-refractivity contribution is 0.711. The molecule has 0 saturated carbocycles. The summed E-state index contributed by atoms with van der Waals surface area (Å²) in [5.74, 6) is 0.882. The number of thioether (sulfide) groups is 1. The standard InChI is InChI=1S/C6H8N2S/c1-2-6-8-5(3-7)4-9-6/h2,5-6,8H,1,4H2. The van der Waals surface area contributed by atoms with E-state index in [-0.39, 0.29) is 11.4 Å². The summed E-state index contributed by atoms with van der Waals surface area (Å²) in [6.45, 7) is 3.62. The fraction of sp³-hybridized carbons (Fsp3) is 0.500. The zero-order chi connectivity index (χ0) is 6.69. The average Bonchev–Trinajstić information content (AvgIpc) is 2.34. The van der Waals surface area contributed by atoms with Crippen molar-refractivity contribution in [3.05, 3.63) is 12.7 Å². The molecule has 2 atom stereocenters. The van der Waals surface area contributed by atoms with Gasteiger partial charge < -0.3 is 0 Å². The molecule has 2 unspecified atom stereocenters. The van der Waals surface area contributed by atoms with E-state index in [9.17, 15) is 0 Å². The van der Waals surface area contributed by atoms with E-state index in [1.165, 1.54) is 0 Å². The van der Waals surface area contributed by atoms with Gasteiger partial charge in [-0.1, -0.05) is 6.08 Å². The third-order valence-corrected chi connectivity index (χ3v) is 2.39. The first-order valence-electron chi connectivity index (χ1n) is 2.76. The molecule has 0 radical (unpaired) electrons. The van der Waals surface area contributed by atoms with E-state index in [0.717, 1.165) is 5.75 Å². The summed E-state index contributed by atoms with van der Waals surface area (Å²) >= 11 is 1.72. The van der Waals surface area contributed by atoms with Crippen LogP contribution in [0.15, 0.2) is 12.7 Å². The van der Waals surface area contributed by atoms with Crippen LogP contribution < -0.4 is 5.32 Å². The molecular formula is C6H8N2S. The van der Waals surface area contributed by atoms with E-state index in [0.29, 0.717) is 0 Å². The van der Waals surface area contributed by atoms with Crippen LogP contribution in [0, 0.1) is 11.3 Å². The van der Waals surface area contributed by atoms with Crippen molar-refractivity contribution in [3.63, 3.8) is 0 Å². The molecule has 1 saturated heterocycles. The highest BCUT2D eigenvalue weighted by atomic mass is 32.2. The molecule has 1 rings (SSSR count). The Morgan fingerprint density at radius 1 is 1.89 bits per heavy atom. The third-order valence-electron chi connectivity index (χ3n) is 1.18. The molecule has 0 aromatic carbocycles. The van der Waals surface area contributed by atoms with Gasteiger partial charge in [-0.2, -0.15) is 5.26 Å². The van der Waals surface area contributed by atoms with Crippen LogP contribution in [0.5, 0.6) is 0 Å². The minimum atomic E-state index is 0.0259. The lowest BCUT2D eigenvalue weighted by atomic mass is 10.4. The second-order valence-corrected chi connectivity index (χ2v) is 3.01. The van der Waals surface area contributed by atoms with Gasteiger partial charge in [0.25, 0.3) is 0 Å². The van der Waals surface area contributed by atoms with Gasteiger partial charge in [0.2, 0.25) is 0 Å². The number of hydrogen-bond acceptors (Lipinski definition) is 3. The van der Waals surface area contributed by atoms with Crippen LogP contribution in [0.3, 0.4) is 0 Å². The topological polar surface area (TPSA) is 35.8 Å². The van der Waals surface area contributed by atoms with Crippen molar-refractivity contribution in [1.29, 1.82) is 5.26 Å². The van der Waals surface area contributed by atoms with Crippen LogP contribution in [0.25, 0.3) is 0 Å². The molecule has 0 aromatic rings. The molecule has 1 heterocycles. The molecule has 0 amide bonds. The van der Waals surface area contributed by atoms with Crippen molar-refractivity contribution in [3.8, 4) is 6.07 Å². The molecule has 1 fully saturated rings. The van der Waals surface area contributed by atoms with Crippen molar-refractivity contribution >= 4 is 11.8 Å². The molecule has 1 aliphatic heterocycles. The first-order valence-corrected chi connectivity index (χ1v) is 3.81. The second kappa shape index (κ2) is 2.90. The minimum absolute atomic E-state index is 0.0259. The summed E-state index contributed by atoms with van der Waals surface area (Å²) in [5, 5.41) is 11.8. The van der Waals surface area contributed by atoms with Crippen LogP contribution in [0.1, 0.15) is 0 Å². The zero-order valence-corrected chi connectivity index (χ0v) is 5.82. The first kappa shape index (κ1) is 6.66. The maximum Gasteiger partial charge on any atom is 0.106 e. The number of nitriles is 1. The molecule has 9 heavy (non-hydrogen) atoms. The van der Waals surface area contributed by atoms with Gasteiger partial charge in [-0.15, -0.1) is 18.3 Å². The third kappa shape index (κ3) is 1.47. The van der Waals surface area contributed by atoms with Crippen LogP contribution >= 0.6 is 11.8 Å². The minimum Gasteiger partial charge on any atom is -0.286 e. The first-order chi connectivity index (χ1) is 4.36. The summed E-state index contributed by atoms with van der Waals surface area (Å²) in [6.07, 6.45) is 1.82. The van der Waals surface area contributed by atoms with Gasteiger partial charge in [0.1, 0.15) is 6.04 Å². The van der Waals surface area contributed by atoms with Crippen LogP contribution in [0.2, 0.25) is 0 Å². The normalized spacial score (nSPS) is 33.7. The van der Waals surface area contributed by atoms with Crippen LogP contribution in [-0.2, 0) is 0 Å². The maximum atomic E-state index is 8.42. The summed E-state index contributed by atoms with van der Waals surface area (Å²) < 4.78 is 0. The lowest BCUT2D eigenvalue weighted by Crippen LogP contribution is -2.26. The Morgan fingerprint density at radius 2 is 2.67 bits per heavy atom. The fourth-order valence-electron chi connectivity index (χ4n) is 0.705. The number of nitrogens with one attached hydrogen (secondary N) is 1. The zero-order valence-electron chi connectivity index (χ0n) is 5.00. The van der Waals surface area contributed by atoms with Gasteiger partial charge in [-0.25, -0.2) is 0 Å². The smallest absolute Gasteiger partial charge is 0.106 e. The quantitative estimate of drug-likeness (QED) is 0.545. The van der Waals surface area contributed by atoms with Gasteiger partial charge >= 0.3 is 0 Å². The summed E-state index contributed by atoms with van der Waals surface area (Å²) in [7, 11) is 0. The summed E-state index contributed by atoms with van der Waals surface area (Å²) in [4.78, 5) is 0. The molecule has 0 spiro atoms. The Kier molecular flexibility index (Phi) is 2.15. The van der Waals surface area contributed by atoms with Crippen molar-refractivity contribution in [2.24, 2.45) is 0 Å². The summed E-state index contributed by atoms with van der Waals surface area (Å²) in [5.41, 5.74) is 0. The highest BCUT2D eigenvalue weighted by Gasteiger charge is 2.20. The molecule has 1 N–H and O–H groups in total. The Morgan fingerprint density at radius 3 is 3.00 bits per heavy atom. The molecule has 3 heteroatoms. The van der Waals surface area contributed by atoms with Crippen molar-refractivity contribution in [2.45, 2.75) is 11.4 Å². The van der Waals surface area contributed by atoms with E-state index in [1.54, 1.807) is 11.8 Å². The van der Waals surface area contributed by atoms with E-state index in [4.69, 9.17) is 5.26 Å². The monoisotopic (exact) mass is 140 g/mol. The van der Waals surface area contributed by atoms with Crippen LogP contribution in [0.4, 0.5) is 0 Å². The Labute approximate surface area is 58.9 Å². The molecule has 0 aromatic heterocycles. The average molecular weight is 140 g/mol. The highest BCUT2D eigenvalue weighted by Crippen LogP contribution is 2.18. The van der Waals surface area contributed by atoms with E-state index < -0.39 is 0 Å². The molecular weight excluding hydrogens is 132 g/mol.